The van der Waals surface area contributed by atoms with Gasteiger partial charge in [0.1, 0.15) is 9.77 Å². The van der Waals surface area contributed by atoms with Crippen molar-refractivity contribution >= 4 is 33.0 Å². The minimum absolute atomic E-state index is 0.0426. The molecule has 0 unspecified atom stereocenters. The second-order valence-electron chi connectivity index (χ2n) is 7.84. The van der Waals surface area contributed by atoms with Crippen molar-refractivity contribution < 1.29 is 13.2 Å². The van der Waals surface area contributed by atoms with Gasteiger partial charge in [0.25, 0.3) is 5.91 Å². The van der Waals surface area contributed by atoms with Crippen LogP contribution in [0, 0.1) is 0 Å². The van der Waals surface area contributed by atoms with Gasteiger partial charge in [0.2, 0.25) is 10.0 Å². The number of sulfonamides is 1. The van der Waals surface area contributed by atoms with Gasteiger partial charge in [-0.3, -0.25) is 9.48 Å². The van der Waals surface area contributed by atoms with Crippen LogP contribution in [0.5, 0.6) is 0 Å². The lowest BCUT2D eigenvalue weighted by atomic mass is 10.0. The van der Waals surface area contributed by atoms with Crippen LogP contribution in [0.1, 0.15) is 26.4 Å². The first-order chi connectivity index (χ1) is 16.0. The van der Waals surface area contributed by atoms with E-state index in [1.54, 1.807) is 22.5 Å². The van der Waals surface area contributed by atoms with Crippen molar-refractivity contribution in [3.05, 3.63) is 100 Å². The number of hydrogen-bond acceptors (Lipinski definition) is 5. The van der Waals surface area contributed by atoms with E-state index in [-0.39, 0.29) is 9.77 Å². The third-order valence-electron chi connectivity index (χ3n) is 5.63. The van der Waals surface area contributed by atoms with Crippen molar-refractivity contribution in [1.82, 2.24) is 14.1 Å². The molecular weight excluding hydrogens is 456 g/mol. The predicted octanol–water partition coefficient (Wildman–Crippen LogP) is 3.99. The van der Waals surface area contributed by atoms with Gasteiger partial charge in [-0.05, 0) is 34.6 Å². The van der Waals surface area contributed by atoms with Gasteiger partial charge in [-0.1, -0.05) is 54.6 Å². The number of aromatic nitrogens is 2. The summed E-state index contributed by atoms with van der Waals surface area (Å²) in [5, 5.41) is 8.71. The molecule has 0 atom stereocenters. The van der Waals surface area contributed by atoms with Crippen LogP contribution in [-0.4, -0.2) is 35.0 Å². The van der Waals surface area contributed by atoms with E-state index in [4.69, 9.17) is 0 Å². The van der Waals surface area contributed by atoms with Gasteiger partial charge >= 0.3 is 0 Å². The fourth-order valence-corrected chi connectivity index (χ4v) is 6.67. The molecule has 2 aromatic heterocycles. The first-order valence-electron chi connectivity index (χ1n) is 10.5. The van der Waals surface area contributed by atoms with E-state index in [0.717, 1.165) is 22.5 Å². The van der Waals surface area contributed by atoms with Crippen LogP contribution in [0.15, 0.2) is 83.3 Å². The molecule has 0 saturated carbocycles. The summed E-state index contributed by atoms with van der Waals surface area (Å²) in [4.78, 5) is 13.2. The maximum Gasteiger partial charge on any atom is 0.267 e. The first-order valence-corrected chi connectivity index (χ1v) is 12.8. The van der Waals surface area contributed by atoms with Gasteiger partial charge < -0.3 is 5.32 Å². The van der Waals surface area contributed by atoms with E-state index in [1.807, 2.05) is 54.6 Å². The number of thiophene rings is 1. The van der Waals surface area contributed by atoms with Crippen LogP contribution in [0.25, 0.3) is 0 Å². The Morgan fingerprint density at radius 3 is 2.61 bits per heavy atom. The number of nitrogens with zero attached hydrogens (tertiary/aromatic N) is 3. The number of benzene rings is 2. The highest BCUT2D eigenvalue weighted by molar-refractivity contribution is 7.89. The standard InChI is InChI=1S/C24H22N4O3S2/c29-24(26-21-14-25-27(17-21)15-18-6-2-1-3-7-18)23-22(11-13-32-23)33(30,31)28-12-10-19-8-4-5-9-20(19)16-28/h1-9,11,13-14,17H,10,12,15-16H2,(H,26,29). The first kappa shape index (κ1) is 21.6. The Morgan fingerprint density at radius 2 is 1.79 bits per heavy atom. The second-order valence-corrected chi connectivity index (χ2v) is 10.7. The van der Waals surface area contributed by atoms with Gasteiger partial charge in [-0.25, -0.2) is 8.42 Å². The van der Waals surface area contributed by atoms with Crippen molar-refractivity contribution in [2.24, 2.45) is 0 Å². The minimum atomic E-state index is -3.80. The van der Waals surface area contributed by atoms with E-state index >= 15 is 0 Å². The molecule has 7 nitrogen and oxygen atoms in total. The lowest BCUT2D eigenvalue weighted by Crippen LogP contribution is -2.36. The molecule has 9 heteroatoms. The largest absolute Gasteiger partial charge is 0.319 e. The molecule has 3 heterocycles. The smallest absolute Gasteiger partial charge is 0.267 e. The van der Waals surface area contributed by atoms with E-state index in [1.165, 1.54) is 15.9 Å². The number of carbonyl (C=O) groups excluding carboxylic acids is 1. The Kier molecular flexibility index (Phi) is 5.84. The van der Waals surface area contributed by atoms with Crippen molar-refractivity contribution in [2.75, 3.05) is 11.9 Å². The molecule has 0 saturated heterocycles. The van der Waals surface area contributed by atoms with Crippen LogP contribution < -0.4 is 5.32 Å². The van der Waals surface area contributed by atoms with Gasteiger partial charge in [-0.2, -0.15) is 9.40 Å². The summed E-state index contributed by atoms with van der Waals surface area (Å²) in [6.45, 7) is 1.27. The lowest BCUT2D eigenvalue weighted by molar-refractivity contribution is 0.102. The predicted molar refractivity (Wildman–Crippen MR) is 128 cm³/mol. The average Bonchev–Trinajstić information content (AvgIpc) is 3.50. The van der Waals surface area contributed by atoms with Crippen LogP contribution in [0.4, 0.5) is 5.69 Å². The van der Waals surface area contributed by atoms with Crippen molar-refractivity contribution in [3.63, 3.8) is 0 Å². The number of fused-ring (bicyclic) bond motifs is 1. The Balaban J connectivity index is 1.32. The third kappa shape index (κ3) is 4.47. The molecule has 168 valence electrons. The zero-order chi connectivity index (χ0) is 22.8. The number of anilines is 1. The molecule has 5 rings (SSSR count). The lowest BCUT2D eigenvalue weighted by Gasteiger charge is -2.28. The van der Waals surface area contributed by atoms with E-state index in [9.17, 15) is 13.2 Å². The molecule has 0 aliphatic carbocycles. The van der Waals surface area contributed by atoms with Gasteiger partial charge in [-0.15, -0.1) is 11.3 Å². The van der Waals surface area contributed by atoms with E-state index < -0.39 is 15.9 Å². The fourth-order valence-electron chi connectivity index (χ4n) is 3.95. The molecule has 4 aromatic rings. The van der Waals surface area contributed by atoms with E-state index in [0.29, 0.717) is 31.7 Å². The highest BCUT2D eigenvalue weighted by atomic mass is 32.2. The quantitative estimate of drug-likeness (QED) is 0.454. The normalized spacial score (nSPS) is 14.1. The third-order valence-corrected chi connectivity index (χ3v) is 8.56. The molecule has 1 aliphatic heterocycles. The number of rotatable bonds is 6. The number of hydrogen-bond donors (Lipinski definition) is 1. The molecule has 0 radical (unpaired) electrons. The summed E-state index contributed by atoms with van der Waals surface area (Å²) in [6.07, 6.45) is 3.94. The van der Waals surface area contributed by atoms with Crippen LogP contribution in [0.2, 0.25) is 0 Å². The molecule has 1 N–H and O–H groups in total. The fraction of sp³-hybridized carbons (Fsp3) is 0.167. The summed E-state index contributed by atoms with van der Waals surface area (Å²) >= 11 is 1.12. The molecule has 2 aromatic carbocycles. The second kappa shape index (κ2) is 8.93. The minimum Gasteiger partial charge on any atom is -0.319 e. The summed E-state index contributed by atoms with van der Waals surface area (Å²) in [5.74, 6) is -0.458. The SMILES string of the molecule is O=C(Nc1cnn(Cc2ccccc2)c1)c1sccc1S(=O)(=O)N1CCc2ccccc2C1. The average molecular weight is 479 g/mol. The summed E-state index contributed by atoms with van der Waals surface area (Å²) < 4.78 is 29.9. The summed E-state index contributed by atoms with van der Waals surface area (Å²) in [6, 6.07) is 19.2. The van der Waals surface area contributed by atoms with Crippen molar-refractivity contribution in [2.45, 2.75) is 24.4 Å². The van der Waals surface area contributed by atoms with Crippen LogP contribution >= 0.6 is 11.3 Å². The zero-order valence-corrected chi connectivity index (χ0v) is 19.3. The maximum atomic E-state index is 13.4. The molecule has 1 amide bonds. The Morgan fingerprint density at radius 1 is 1.03 bits per heavy atom. The highest BCUT2D eigenvalue weighted by Crippen LogP contribution is 2.30. The topological polar surface area (TPSA) is 84.3 Å². The van der Waals surface area contributed by atoms with Gasteiger partial charge in [0.15, 0.2) is 0 Å². The molecule has 1 aliphatic rings. The summed E-state index contributed by atoms with van der Waals surface area (Å²) in [7, 11) is -3.80. The Bertz CT molecular complexity index is 1390. The number of amides is 1. The van der Waals surface area contributed by atoms with Gasteiger partial charge in [0.05, 0.1) is 18.4 Å². The van der Waals surface area contributed by atoms with Gasteiger partial charge in [0, 0.05) is 19.3 Å². The highest BCUT2D eigenvalue weighted by Gasteiger charge is 2.32. The molecule has 0 bridgehead atoms. The monoisotopic (exact) mass is 478 g/mol. The molecule has 0 fully saturated rings. The Labute approximate surface area is 196 Å². The summed E-state index contributed by atoms with van der Waals surface area (Å²) in [5.41, 5.74) is 3.77. The molecular formula is C24H22N4O3S2. The van der Waals surface area contributed by atoms with E-state index in [2.05, 4.69) is 10.4 Å². The van der Waals surface area contributed by atoms with Crippen molar-refractivity contribution in [1.29, 1.82) is 0 Å². The Hall–Kier alpha value is -3.27. The number of nitrogens with one attached hydrogen (secondary N) is 1. The maximum absolute atomic E-state index is 13.4. The van der Waals surface area contributed by atoms with Crippen molar-refractivity contribution in [3.8, 4) is 0 Å². The zero-order valence-electron chi connectivity index (χ0n) is 17.7. The molecule has 33 heavy (non-hydrogen) atoms. The van der Waals surface area contributed by atoms with Crippen LogP contribution in [0.3, 0.4) is 0 Å². The van der Waals surface area contributed by atoms with Crippen LogP contribution in [-0.2, 0) is 29.5 Å². The number of carbonyl (C=O) groups is 1. The molecule has 0 spiro atoms.